The lowest BCUT2D eigenvalue weighted by Crippen LogP contribution is -2.35. The molecule has 0 aromatic heterocycles. The molecule has 20 heavy (non-hydrogen) atoms. The van der Waals surface area contributed by atoms with Gasteiger partial charge in [0.25, 0.3) is 0 Å². The highest BCUT2D eigenvalue weighted by atomic mass is 32.2. The molecule has 1 aliphatic carbocycles. The van der Waals surface area contributed by atoms with Gasteiger partial charge in [-0.3, -0.25) is 4.79 Å². The molecule has 3 nitrogen and oxygen atoms in total. The third kappa shape index (κ3) is 4.71. The van der Waals surface area contributed by atoms with Gasteiger partial charge < -0.3 is 11.1 Å². The smallest absolute Gasteiger partial charge is 0.230 e. The van der Waals surface area contributed by atoms with Crippen molar-refractivity contribution in [1.29, 1.82) is 0 Å². The molecule has 0 atom stereocenters. The van der Waals surface area contributed by atoms with E-state index in [1.165, 1.54) is 49.6 Å². The van der Waals surface area contributed by atoms with Gasteiger partial charge in [-0.15, -0.1) is 11.8 Å². The molecule has 0 unspecified atom stereocenters. The van der Waals surface area contributed by atoms with Gasteiger partial charge in [0.1, 0.15) is 5.82 Å². The van der Waals surface area contributed by atoms with E-state index in [0.29, 0.717) is 11.8 Å². The van der Waals surface area contributed by atoms with E-state index in [1.807, 2.05) is 0 Å². The quantitative estimate of drug-likeness (QED) is 0.509. The molecule has 0 spiro atoms. The number of hydrogen-bond acceptors (Lipinski definition) is 3. The first-order valence-corrected chi connectivity index (χ1v) is 8.11. The first-order valence-electron chi connectivity index (χ1n) is 7.12. The lowest BCUT2D eigenvalue weighted by atomic mass is 10.1. The summed E-state index contributed by atoms with van der Waals surface area (Å²) in [6.45, 7) is 0. The van der Waals surface area contributed by atoms with Crippen LogP contribution in [0.5, 0.6) is 0 Å². The van der Waals surface area contributed by atoms with Gasteiger partial charge >= 0.3 is 0 Å². The average Bonchev–Trinajstić information content (AvgIpc) is 2.69. The van der Waals surface area contributed by atoms with Crippen LogP contribution >= 0.6 is 11.8 Å². The monoisotopic (exact) mass is 296 g/mol. The number of rotatable bonds is 4. The Kier molecular flexibility index (Phi) is 5.71. The molecule has 0 aliphatic heterocycles. The zero-order valence-electron chi connectivity index (χ0n) is 11.5. The van der Waals surface area contributed by atoms with Crippen molar-refractivity contribution in [3.8, 4) is 0 Å². The summed E-state index contributed by atoms with van der Waals surface area (Å²) in [6.07, 6.45) is 7.08. The van der Waals surface area contributed by atoms with Crippen LogP contribution in [0.25, 0.3) is 0 Å². The molecular weight excluding hydrogens is 275 g/mol. The molecule has 1 aromatic rings. The van der Waals surface area contributed by atoms with Crippen molar-refractivity contribution in [3.63, 3.8) is 0 Å². The largest absolute Gasteiger partial charge is 0.396 e. The maximum absolute atomic E-state index is 13.3. The number of nitrogens with two attached hydrogens (primary N) is 1. The lowest BCUT2D eigenvalue weighted by Gasteiger charge is -2.16. The lowest BCUT2D eigenvalue weighted by molar-refractivity contribution is -0.119. The van der Waals surface area contributed by atoms with Gasteiger partial charge in [0.15, 0.2) is 0 Å². The molecule has 1 aromatic carbocycles. The van der Waals surface area contributed by atoms with Gasteiger partial charge in [-0.2, -0.15) is 0 Å². The predicted molar refractivity (Wildman–Crippen MR) is 81.2 cm³/mol. The van der Waals surface area contributed by atoms with Crippen molar-refractivity contribution >= 4 is 23.4 Å². The van der Waals surface area contributed by atoms with Gasteiger partial charge in [0.2, 0.25) is 5.91 Å². The molecule has 5 heteroatoms. The zero-order valence-corrected chi connectivity index (χ0v) is 12.3. The molecule has 0 heterocycles. The molecule has 1 saturated carbocycles. The SMILES string of the molecule is Nc1ccc(SCC(=O)NC2CCCCCC2)cc1F. The number of halogens is 1. The van der Waals surface area contributed by atoms with Crippen molar-refractivity contribution in [2.45, 2.75) is 49.5 Å². The molecule has 0 bridgehead atoms. The van der Waals surface area contributed by atoms with Crippen molar-refractivity contribution in [2.24, 2.45) is 0 Å². The molecular formula is C15H21FN2OS. The highest BCUT2D eigenvalue weighted by molar-refractivity contribution is 8.00. The van der Waals surface area contributed by atoms with Crippen LogP contribution in [0.4, 0.5) is 10.1 Å². The van der Waals surface area contributed by atoms with Gasteiger partial charge in [-0.25, -0.2) is 4.39 Å². The number of hydrogen-bond donors (Lipinski definition) is 2. The zero-order chi connectivity index (χ0) is 14.4. The summed E-state index contributed by atoms with van der Waals surface area (Å²) in [5.41, 5.74) is 5.56. The fraction of sp³-hybridized carbons (Fsp3) is 0.533. The van der Waals surface area contributed by atoms with Gasteiger partial charge in [-0.05, 0) is 31.0 Å². The van der Waals surface area contributed by atoms with Crippen molar-refractivity contribution in [2.75, 3.05) is 11.5 Å². The summed E-state index contributed by atoms with van der Waals surface area (Å²) in [4.78, 5) is 12.6. The third-order valence-corrected chi connectivity index (χ3v) is 4.56. The van der Waals surface area contributed by atoms with Crippen LogP contribution in [0, 0.1) is 5.82 Å². The van der Waals surface area contributed by atoms with E-state index in [0.717, 1.165) is 17.7 Å². The van der Waals surface area contributed by atoms with E-state index in [1.54, 1.807) is 6.07 Å². The normalized spacial score (nSPS) is 16.6. The van der Waals surface area contributed by atoms with E-state index >= 15 is 0 Å². The Morgan fingerprint density at radius 3 is 2.65 bits per heavy atom. The molecule has 110 valence electrons. The molecule has 1 amide bonds. The van der Waals surface area contributed by atoms with E-state index in [4.69, 9.17) is 5.73 Å². The summed E-state index contributed by atoms with van der Waals surface area (Å²) in [7, 11) is 0. The Morgan fingerprint density at radius 2 is 2.00 bits per heavy atom. The fourth-order valence-corrected chi connectivity index (χ4v) is 3.17. The van der Waals surface area contributed by atoms with E-state index in [2.05, 4.69) is 5.32 Å². The van der Waals surface area contributed by atoms with Crippen LogP contribution in [0.15, 0.2) is 23.1 Å². The first kappa shape index (κ1) is 15.2. The highest BCUT2D eigenvalue weighted by Crippen LogP contribution is 2.22. The third-order valence-electron chi connectivity index (χ3n) is 3.56. The van der Waals surface area contributed by atoms with Gasteiger partial charge in [0.05, 0.1) is 11.4 Å². The second-order valence-electron chi connectivity index (χ2n) is 5.23. The average molecular weight is 296 g/mol. The predicted octanol–water partition coefficient (Wildman–Crippen LogP) is 3.34. The molecule has 3 N–H and O–H groups in total. The minimum absolute atomic E-state index is 0.0270. The Morgan fingerprint density at radius 1 is 1.30 bits per heavy atom. The molecule has 0 saturated heterocycles. The van der Waals surface area contributed by atoms with Crippen LogP contribution in [-0.2, 0) is 4.79 Å². The molecule has 0 radical (unpaired) electrons. The summed E-state index contributed by atoms with van der Waals surface area (Å²) >= 11 is 1.34. The minimum atomic E-state index is -0.431. The second-order valence-corrected chi connectivity index (χ2v) is 6.28. The van der Waals surface area contributed by atoms with Crippen molar-refractivity contribution < 1.29 is 9.18 Å². The number of anilines is 1. The Hall–Kier alpha value is -1.23. The van der Waals surface area contributed by atoms with Crippen molar-refractivity contribution in [3.05, 3.63) is 24.0 Å². The molecule has 1 fully saturated rings. The maximum atomic E-state index is 13.3. The number of nitrogens with one attached hydrogen (secondary N) is 1. The Balaban J connectivity index is 1.77. The standard InChI is InChI=1S/C15H21FN2OS/c16-13-9-12(7-8-14(13)17)20-10-15(19)18-11-5-3-1-2-4-6-11/h7-9,11H,1-6,10,17H2,(H,18,19). The van der Waals surface area contributed by atoms with Crippen molar-refractivity contribution in [1.82, 2.24) is 5.32 Å². The molecule has 2 rings (SSSR count). The summed E-state index contributed by atoms with van der Waals surface area (Å²) in [5, 5.41) is 3.08. The van der Waals surface area contributed by atoms with Crippen LogP contribution in [0.3, 0.4) is 0 Å². The fourth-order valence-electron chi connectivity index (χ4n) is 2.44. The van der Waals surface area contributed by atoms with Gasteiger partial charge in [0, 0.05) is 10.9 Å². The van der Waals surface area contributed by atoms with E-state index in [-0.39, 0.29) is 11.6 Å². The van der Waals surface area contributed by atoms with Crippen LogP contribution in [-0.4, -0.2) is 17.7 Å². The molecule has 1 aliphatic rings. The summed E-state index contributed by atoms with van der Waals surface area (Å²) < 4.78 is 13.3. The van der Waals surface area contributed by atoms with E-state index < -0.39 is 5.82 Å². The van der Waals surface area contributed by atoms with Crippen LogP contribution in [0.2, 0.25) is 0 Å². The number of amides is 1. The summed E-state index contributed by atoms with van der Waals surface area (Å²) in [5.74, 6) is -0.0850. The maximum Gasteiger partial charge on any atom is 0.230 e. The number of thioether (sulfide) groups is 1. The van der Waals surface area contributed by atoms with Crippen LogP contribution in [0.1, 0.15) is 38.5 Å². The van der Waals surface area contributed by atoms with E-state index in [9.17, 15) is 9.18 Å². The van der Waals surface area contributed by atoms with Crippen LogP contribution < -0.4 is 11.1 Å². The first-order chi connectivity index (χ1) is 9.65. The minimum Gasteiger partial charge on any atom is -0.396 e. The number of benzene rings is 1. The number of carbonyl (C=O) groups excluding carboxylic acids is 1. The van der Waals surface area contributed by atoms with Gasteiger partial charge in [-0.1, -0.05) is 25.7 Å². The topological polar surface area (TPSA) is 55.1 Å². The number of nitrogen functional groups attached to an aromatic ring is 1. The number of carbonyl (C=O) groups is 1. The Bertz CT molecular complexity index is 459. The Labute approximate surface area is 123 Å². The second kappa shape index (κ2) is 7.53. The summed E-state index contributed by atoms with van der Waals surface area (Å²) in [6, 6.07) is 4.95. The highest BCUT2D eigenvalue weighted by Gasteiger charge is 2.14.